The van der Waals surface area contributed by atoms with Crippen LogP contribution in [0.5, 0.6) is 0 Å². The van der Waals surface area contributed by atoms with Gasteiger partial charge in [-0.2, -0.15) is 16.9 Å². The van der Waals surface area contributed by atoms with Crippen molar-refractivity contribution in [3.05, 3.63) is 17.5 Å². The van der Waals surface area contributed by atoms with Crippen molar-refractivity contribution in [2.24, 2.45) is 5.84 Å². The molecule has 1 aliphatic rings. The van der Waals surface area contributed by atoms with Crippen molar-refractivity contribution in [2.75, 3.05) is 5.75 Å². The minimum atomic E-state index is 0.340. The molecule has 5 heteroatoms. The lowest BCUT2D eigenvalue weighted by atomic mass is 10.1. The molecule has 1 heterocycles. The van der Waals surface area contributed by atoms with E-state index in [0.717, 1.165) is 30.4 Å². The van der Waals surface area contributed by atoms with Crippen molar-refractivity contribution in [3.63, 3.8) is 0 Å². The van der Waals surface area contributed by atoms with Crippen molar-refractivity contribution in [2.45, 2.75) is 70.2 Å². The van der Waals surface area contributed by atoms with Crippen LogP contribution in [0.1, 0.15) is 50.9 Å². The van der Waals surface area contributed by atoms with Gasteiger partial charge in [0.25, 0.3) is 0 Å². The maximum Gasteiger partial charge on any atom is 0.0624 e. The van der Waals surface area contributed by atoms with Gasteiger partial charge < -0.3 is 0 Å². The van der Waals surface area contributed by atoms with E-state index < -0.39 is 0 Å². The first-order valence-corrected chi connectivity index (χ1v) is 8.95. The molecule has 2 rings (SSSR count). The van der Waals surface area contributed by atoms with Crippen LogP contribution in [0.25, 0.3) is 0 Å². The Hall–Kier alpha value is -0.520. The van der Waals surface area contributed by atoms with Crippen LogP contribution in [0.4, 0.5) is 0 Å². The molecule has 20 heavy (non-hydrogen) atoms. The normalized spacial score (nSPS) is 17.8. The maximum atomic E-state index is 5.74. The highest BCUT2D eigenvalue weighted by molar-refractivity contribution is 7.99. The van der Waals surface area contributed by atoms with Gasteiger partial charge in [0.2, 0.25) is 0 Å². The van der Waals surface area contributed by atoms with E-state index in [1.807, 2.05) is 0 Å². The summed E-state index contributed by atoms with van der Waals surface area (Å²) < 4.78 is 2.11. The summed E-state index contributed by atoms with van der Waals surface area (Å²) in [6.07, 6.45) is 7.54. The second-order valence-electron chi connectivity index (χ2n) is 5.60. The number of aromatic nitrogens is 2. The molecule has 1 unspecified atom stereocenters. The number of thioether (sulfide) groups is 1. The summed E-state index contributed by atoms with van der Waals surface area (Å²) in [7, 11) is 0. The minimum Gasteiger partial charge on any atom is -0.271 e. The highest BCUT2D eigenvalue weighted by Crippen LogP contribution is 2.30. The van der Waals surface area contributed by atoms with Crippen LogP contribution >= 0.6 is 11.8 Å². The highest BCUT2D eigenvalue weighted by Gasteiger charge is 2.18. The maximum absolute atomic E-state index is 5.74. The minimum absolute atomic E-state index is 0.340. The second-order valence-corrected chi connectivity index (χ2v) is 6.94. The number of hydrogen-bond donors (Lipinski definition) is 2. The fourth-order valence-electron chi connectivity index (χ4n) is 2.85. The number of rotatable bonds is 8. The SMILES string of the molecule is CCc1cc(CC(CSC2CCCC2)NN)n(CC)n1. The Labute approximate surface area is 126 Å². The summed E-state index contributed by atoms with van der Waals surface area (Å²) >= 11 is 2.09. The third-order valence-corrected chi connectivity index (χ3v) is 5.64. The summed E-state index contributed by atoms with van der Waals surface area (Å²) in [5.41, 5.74) is 5.48. The van der Waals surface area contributed by atoms with E-state index in [4.69, 9.17) is 5.84 Å². The molecule has 0 aliphatic heterocycles. The van der Waals surface area contributed by atoms with E-state index in [-0.39, 0.29) is 0 Å². The Morgan fingerprint density at radius 3 is 2.80 bits per heavy atom. The summed E-state index contributed by atoms with van der Waals surface area (Å²) in [6.45, 7) is 5.23. The number of nitrogens with zero attached hydrogens (tertiary/aromatic N) is 2. The van der Waals surface area contributed by atoms with Crippen LogP contribution in [0.3, 0.4) is 0 Å². The topological polar surface area (TPSA) is 55.9 Å². The zero-order chi connectivity index (χ0) is 14.4. The molecule has 0 spiro atoms. The van der Waals surface area contributed by atoms with Crippen LogP contribution in [-0.2, 0) is 19.4 Å². The molecule has 1 aromatic heterocycles. The molecular weight excluding hydrogens is 268 g/mol. The molecule has 0 aromatic carbocycles. The first kappa shape index (κ1) is 15.9. The first-order valence-electron chi connectivity index (χ1n) is 7.90. The number of nitrogens with two attached hydrogens (primary N) is 1. The zero-order valence-corrected chi connectivity index (χ0v) is 13.6. The predicted molar refractivity (Wildman–Crippen MR) is 86.8 cm³/mol. The van der Waals surface area contributed by atoms with Gasteiger partial charge in [-0.15, -0.1) is 0 Å². The Morgan fingerprint density at radius 1 is 1.45 bits per heavy atom. The highest BCUT2D eigenvalue weighted by atomic mass is 32.2. The van der Waals surface area contributed by atoms with Gasteiger partial charge in [0.15, 0.2) is 0 Å². The third kappa shape index (κ3) is 4.24. The van der Waals surface area contributed by atoms with Crippen LogP contribution in [0, 0.1) is 0 Å². The van der Waals surface area contributed by atoms with Crippen molar-refractivity contribution < 1.29 is 0 Å². The molecule has 1 aromatic rings. The standard InChI is InChI=1S/C15H28N4S/c1-3-12-9-14(19(4-2)18-12)10-13(17-16)11-20-15-7-5-6-8-15/h9,13,15,17H,3-8,10-11,16H2,1-2H3. The predicted octanol–water partition coefficient (Wildman–Crippen LogP) is 2.52. The molecule has 0 saturated heterocycles. The van der Waals surface area contributed by atoms with E-state index in [0.29, 0.717) is 6.04 Å². The average Bonchev–Trinajstić information content (AvgIpc) is 3.12. The van der Waals surface area contributed by atoms with Gasteiger partial charge in [-0.3, -0.25) is 16.0 Å². The molecule has 114 valence electrons. The van der Waals surface area contributed by atoms with Gasteiger partial charge in [0, 0.05) is 35.7 Å². The quantitative estimate of drug-likeness (QED) is 0.572. The monoisotopic (exact) mass is 296 g/mol. The fourth-order valence-corrected chi connectivity index (χ4v) is 4.24. The van der Waals surface area contributed by atoms with E-state index in [1.54, 1.807) is 0 Å². The van der Waals surface area contributed by atoms with Gasteiger partial charge in [0.05, 0.1) is 5.69 Å². The molecule has 0 bridgehead atoms. The largest absolute Gasteiger partial charge is 0.271 e. The Kier molecular flexibility index (Phi) is 6.39. The number of hydrogen-bond acceptors (Lipinski definition) is 4. The van der Waals surface area contributed by atoms with Crippen LogP contribution < -0.4 is 11.3 Å². The summed E-state index contributed by atoms with van der Waals surface area (Å²) in [6, 6.07) is 2.57. The fraction of sp³-hybridized carbons (Fsp3) is 0.800. The number of aryl methyl sites for hydroxylation is 2. The third-order valence-electron chi connectivity index (χ3n) is 4.10. The first-order chi connectivity index (χ1) is 9.76. The average molecular weight is 296 g/mol. The van der Waals surface area contributed by atoms with Crippen LogP contribution in [0.15, 0.2) is 6.07 Å². The molecular formula is C15H28N4S. The van der Waals surface area contributed by atoms with Gasteiger partial charge >= 0.3 is 0 Å². The van der Waals surface area contributed by atoms with E-state index in [1.165, 1.54) is 37.1 Å². The molecule has 3 N–H and O–H groups in total. The molecule has 1 atom stereocenters. The van der Waals surface area contributed by atoms with Crippen LogP contribution in [0.2, 0.25) is 0 Å². The van der Waals surface area contributed by atoms with Gasteiger partial charge in [-0.1, -0.05) is 19.8 Å². The Bertz CT molecular complexity index is 399. The van der Waals surface area contributed by atoms with Crippen molar-refractivity contribution >= 4 is 11.8 Å². The zero-order valence-electron chi connectivity index (χ0n) is 12.8. The number of hydrazine groups is 1. The van der Waals surface area contributed by atoms with E-state index >= 15 is 0 Å². The second kappa shape index (κ2) is 8.05. The Balaban J connectivity index is 1.89. The molecule has 0 amide bonds. The summed E-state index contributed by atoms with van der Waals surface area (Å²) in [5.74, 6) is 6.84. The molecule has 1 fully saturated rings. The van der Waals surface area contributed by atoms with Gasteiger partial charge in [0.1, 0.15) is 0 Å². The molecule has 1 aliphatic carbocycles. The lowest BCUT2D eigenvalue weighted by Gasteiger charge is -2.18. The summed E-state index contributed by atoms with van der Waals surface area (Å²) in [4.78, 5) is 0. The molecule has 0 radical (unpaired) electrons. The number of nitrogens with one attached hydrogen (secondary N) is 1. The van der Waals surface area contributed by atoms with Gasteiger partial charge in [-0.25, -0.2) is 0 Å². The Morgan fingerprint density at radius 2 is 2.20 bits per heavy atom. The smallest absolute Gasteiger partial charge is 0.0624 e. The van der Waals surface area contributed by atoms with Crippen molar-refractivity contribution in [3.8, 4) is 0 Å². The lowest BCUT2D eigenvalue weighted by molar-refractivity contribution is 0.533. The van der Waals surface area contributed by atoms with E-state index in [2.05, 4.69) is 46.9 Å². The van der Waals surface area contributed by atoms with Crippen molar-refractivity contribution in [1.82, 2.24) is 15.2 Å². The lowest BCUT2D eigenvalue weighted by Crippen LogP contribution is -2.39. The van der Waals surface area contributed by atoms with Crippen molar-refractivity contribution in [1.29, 1.82) is 0 Å². The van der Waals surface area contributed by atoms with E-state index in [9.17, 15) is 0 Å². The summed E-state index contributed by atoms with van der Waals surface area (Å²) in [5, 5.41) is 5.47. The molecule has 1 saturated carbocycles. The van der Waals surface area contributed by atoms with Crippen LogP contribution in [-0.4, -0.2) is 26.8 Å². The molecule has 4 nitrogen and oxygen atoms in total. The van der Waals surface area contributed by atoms with Gasteiger partial charge in [-0.05, 0) is 32.3 Å².